The molecule has 27 heavy (non-hydrogen) atoms. The number of hydrogen-bond acceptors (Lipinski definition) is 7. The van der Waals surface area contributed by atoms with Crippen molar-refractivity contribution in [2.45, 2.75) is 51.1 Å². The van der Waals surface area contributed by atoms with Gasteiger partial charge in [-0.15, -0.1) is 0 Å². The molecule has 0 amide bonds. The Morgan fingerprint density at radius 3 is 2.74 bits per heavy atom. The first-order valence-electron chi connectivity index (χ1n) is 8.97. The van der Waals surface area contributed by atoms with Crippen molar-refractivity contribution in [1.82, 2.24) is 19.4 Å². The Morgan fingerprint density at radius 2 is 2.04 bits per heavy atom. The smallest absolute Gasteiger partial charge is 0.166 e. The fourth-order valence-corrected chi connectivity index (χ4v) is 3.63. The number of aromatic nitrogens is 3. The number of nitrogens with zero attached hydrogens (tertiary/aromatic N) is 5. The van der Waals surface area contributed by atoms with Gasteiger partial charge in [-0.1, -0.05) is 0 Å². The molecule has 1 N–H and O–H groups in total. The van der Waals surface area contributed by atoms with E-state index in [1.165, 1.54) is 0 Å². The maximum absolute atomic E-state index is 9.70. The number of hydrogen-bond donors (Lipinski definition) is 1. The summed E-state index contributed by atoms with van der Waals surface area (Å²) in [6.45, 7) is 5.43. The minimum absolute atomic E-state index is 0.136. The molecule has 2 aliphatic rings. The van der Waals surface area contributed by atoms with E-state index in [2.05, 4.69) is 15.0 Å². The van der Waals surface area contributed by atoms with Gasteiger partial charge in [0.15, 0.2) is 17.8 Å². The normalized spacial score (nSPS) is 29.7. The number of ether oxygens (including phenoxy) is 3. The quantitative estimate of drug-likeness (QED) is 0.637. The van der Waals surface area contributed by atoms with Crippen LogP contribution in [0.5, 0.6) is 0 Å². The van der Waals surface area contributed by atoms with E-state index in [9.17, 15) is 5.11 Å². The van der Waals surface area contributed by atoms with Crippen LogP contribution in [0.25, 0.3) is 11.0 Å². The molecule has 9 nitrogen and oxygen atoms in total. The molecule has 2 saturated heterocycles. The highest BCUT2D eigenvalue weighted by molar-refractivity contribution is 5.87. The molecular weight excluding hydrogens is 350 g/mol. The summed E-state index contributed by atoms with van der Waals surface area (Å²) in [4.78, 5) is 15.3. The largest absolute Gasteiger partial charge is 0.394 e. The number of aliphatic imine (C=N–C) groups is 1. The van der Waals surface area contributed by atoms with E-state index in [0.29, 0.717) is 17.3 Å². The van der Waals surface area contributed by atoms with E-state index < -0.39 is 18.1 Å². The topological polar surface area (TPSA) is 94.2 Å². The average Bonchev–Trinajstić information content (AvgIpc) is 3.22. The molecule has 0 bridgehead atoms. The molecule has 2 aromatic heterocycles. The first-order valence-corrected chi connectivity index (χ1v) is 8.97. The van der Waals surface area contributed by atoms with Crippen LogP contribution < -0.4 is 0 Å². The third-order valence-corrected chi connectivity index (χ3v) is 4.65. The van der Waals surface area contributed by atoms with Gasteiger partial charge in [0.25, 0.3) is 0 Å². The van der Waals surface area contributed by atoms with Gasteiger partial charge in [0.05, 0.1) is 18.3 Å². The molecule has 9 heteroatoms. The van der Waals surface area contributed by atoms with Crippen molar-refractivity contribution in [1.29, 1.82) is 0 Å². The number of aliphatic hydroxyl groups is 1. The monoisotopic (exact) mass is 375 g/mol. The lowest BCUT2D eigenvalue weighted by Gasteiger charge is -2.24. The highest BCUT2D eigenvalue weighted by Gasteiger charge is 2.55. The minimum Gasteiger partial charge on any atom is -0.394 e. The van der Waals surface area contributed by atoms with Gasteiger partial charge in [0, 0.05) is 20.3 Å². The fraction of sp³-hybridized carbons (Fsp3) is 0.611. The SMILES string of the molecule is Cc1nc(/N=C/N(C)C)c2ccn([C@@H]3O[C@H](CO)[C@H]4OC(C)(C)O[C@H]43)c2n1. The molecule has 2 fully saturated rings. The molecule has 146 valence electrons. The van der Waals surface area contributed by atoms with Gasteiger partial charge in [-0.3, -0.25) is 0 Å². The van der Waals surface area contributed by atoms with Crippen LogP contribution in [0.15, 0.2) is 17.3 Å². The third kappa shape index (κ3) is 3.20. The predicted octanol–water partition coefficient (Wildman–Crippen LogP) is 1.37. The average molecular weight is 375 g/mol. The zero-order chi connectivity index (χ0) is 19.3. The van der Waals surface area contributed by atoms with Crippen LogP contribution in [0.4, 0.5) is 5.82 Å². The van der Waals surface area contributed by atoms with Crippen molar-refractivity contribution in [3.05, 3.63) is 18.1 Å². The maximum Gasteiger partial charge on any atom is 0.166 e. The predicted molar refractivity (Wildman–Crippen MR) is 98.9 cm³/mol. The lowest BCUT2D eigenvalue weighted by molar-refractivity contribution is -0.199. The lowest BCUT2D eigenvalue weighted by Crippen LogP contribution is -2.31. The minimum atomic E-state index is -0.722. The van der Waals surface area contributed by atoms with Gasteiger partial charge >= 0.3 is 0 Å². The van der Waals surface area contributed by atoms with Crippen molar-refractivity contribution < 1.29 is 19.3 Å². The number of aryl methyl sites for hydroxylation is 1. The number of fused-ring (bicyclic) bond motifs is 2. The van der Waals surface area contributed by atoms with E-state index in [1.54, 1.807) is 6.34 Å². The van der Waals surface area contributed by atoms with Crippen LogP contribution in [0.1, 0.15) is 25.9 Å². The second-order valence-electron chi connectivity index (χ2n) is 7.58. The summed E-state index contributed by atoms with van der Waals surface area (Å²) in [6.07, 6.45) is 2.03. The standard InChI is InChI=1S/C18H25N5O4/c1-10-20-15(19-9-22(4)5)11-6-7-23(16(11)21-10)17-14-13(12(8-24)25-17)26-18(2,3)27-14/h6-7,9,12-14,17,24H,8H2,1-5H3/b19-9+/t12-,13-,14-,17-/m1/s1. The molecule has 0 saturated carbocycles. The zero-order valence-electron chi connectivity index (χ0n) is 16.2. The van der Waals surface area contributed by atoms with Crippen LogP contribution in [0, 0.1) is 6.92 Å². The van der Waals surface area contributed by atoms with E-state index in [-0.39, 0.29) is 18.8 Å². The van der Waals surface area contributed by atoms with Crippen LogP contribution in [0.3, 0.4) is 0 Å². The Kier molecular flexibility index (Phi) is 4.42. The second kappa shape index (κ2) is 6.52. The van der Waals surface area contributed by atoms with Crippen molar-refractivity contribution >= 4 is 23.2 Å². The maximum atomic E-state index is 9.70. The highest BCUT2D eigenvalue weighted by Crippen LogP contribution is 2.44. The van der Waals surface area contributed by atoms with Gasteiger partial charge in [0.1, 0.15) is 29.8 Å². The molecule has 4 heterocycles. The molecular formula is C18H25N5O4. The van der Waals surface area contributed by atoms with Crippen molar-refractivity contribution in [3.8, 4) is 0 Å². The zero-order valence-corrected chi connectivity index (χ0v) is 16.2. The van der Waals surface area contributed by atoms with Gasteiger partial charge in [-0.2, -0.15) is 0 Å². The van der Waals surface area contributed by atoms with E-state index in [1.807, 2.05) is 56.6 Å². The summed E-state index contributed by atoms with van der Waals surface area (Å²) in [6, 6.07) is 1.92. The van der Waals surface area contributed by atoms with Crippen LogP contribution >= 0.6 is 0 Å². The molecule has 4 atom stereocenters. The summed E-state index contributed by atoms with van der Waals surface area (Å²) < 4.78 is 20.0. The number of rotatable bonds is 4. The van der Waals surface area contributed by atoms with Gasteiger partial charge in [-0.05, 0) is 26.8 Å². The lowest BCUT2D eigenvalue weighted by atomic mass is 10.1. The summed E-state index contributed by atoms with van der Waals surface area (Å²) in [5.74, 6) is 0.493. The Bertz CT molecular complexity index is 878. The first-order chi connectivity index (χ1) is 12.8. The van der Waals surface area contributed by atoms with Gasteiger partial charge < -0.3 is 28.8 Å². The summed E-state index contributed by atoms with van der Waals surface area (Å²) in [5.41, 5.74) is 0.712. The Balaban J connectivity index is 1.76. The van der Waals surface area contributed by atoms with Crippen molar-refractivity contribution in [2.75, 3.05) is 20.7 Å². The molecule has 2 aliphatic heterocycles. The molecule has 0 aliphatic carbocycles. The molecule has 0 aromatic carbocycles. The molecule has 4 rings (SSSR count). The van der Waals surface area contributed by atoms with Gasteiger partial charge in [0.2, 0.25) is 0 Å². The Morgan fingerprint density at radius 1 is 1.30 bits per heavy atom. The molecule has 0 radical (unpaired) electrons. The van der Waals surface area contributed by atoms with E-state index in [0.717, 1.165) is 5.39 Å². The van der Waals surface area contributed by atoms with Crippen LogP contribution in [-0.4, -0.2) is 75.7 Å². The van der Waals surface area contributed by atoms with Gasteiger partial charge in [-0.25, -0.2) is 15.0 Å². The number of aliphatic hydroxyl groups excluding tert-OH is 1. The fourth-order valence-electron chi connectivity index (χ4n) is 3.63. The third-order valence-electron chi connectivity index (χ3n) is 4.65. The molecule has 0 unspecified atom stereocenters. The highest BCUT2D eigenvalue weighted by atomic mass is 16.8. The Labute approximate surface area is 157 Å². The summed E-state index contributed by atoms with van der Waals surface area (Å²) in [7, 11) is 3.81. The molecule has 0 spiro atoms. The Hall–Kier alpha value is -2.07. The van der Waals surface area contributed by atoms with Crippen molar-refractivity contribution in [3.63, 3.8) is 0 Å². The second-order valence-corrected chi connectivity index (χ2v) is 7.58. The van der Waals surface area contributed by atoms with Crippen molar-refractivity contribution in [2.24, 2.45) is 4.99 Å². The summed E-state index contributed by atoms with van der Waals surface area (Å²) >= 11 is 0. The van der Waals surface area contributed by atoms with Crippen LogP contribution in [-0.2, 0) is 14.2 Å². The summed E-state index contributed by atoms with van der Waals surface area (Å²) in [5, 5.41) is 10.5. The van der Waals surface area contributed by atoms with E-state index >= 15 is 0 Å². The first kappa shape index (κ1) is 18.3. The van der Waals surface area contributed by atoms with Crippen LogP contribution in [0.2, 0.25) is 0 Å². The van der Waals surface area contributed by atoms with E-state index in [4.69, 9.17) is 14.2 Å². The molecule has 2 aromatic rings.